The smallest absolute Gasteiger partial charge is 0.267 e. The molecular weight excluding hydrogens is 440 g/mol. The molecule has 1 aliphatic carbocycles. The molecule has 0 bridgehead atoms. The predicted octanol–water partition coefficient (Wildman–Crippen LogP) is 4.92. The summed E-state index contributed by atoms with van der Waals surface area (Å²) in [6.45, 7) is 0.656. The Bertz CT molecular complexity index is 1320. The first-order valence-corrected chi connectivity index (χ1v) is 11.8. The van der Waals surface area contributed by atoms with Crippen LogP contribution in [0.1, 0.15) is 43.6 Å². The topological polar surface area (TPSA) is 106 Å². The number of benzene rings is 2. The van der Waals surface area contributed by atoms with Crippen molar-refractivity contribution in [2.75, 3.05) is 30.9 Å². The number of hydrogen-bond donors (Lipinski definition) is 4. The lowest BCUT2D eigenvalue weighted by molar-refractivity contribution is 0.0939. The highest BCUT2D eigenvalue weighted by Crippen LogP contribution is 2.28. The molecule has 0 unspecified atom stereocenters. The SMILES string of the molecule is C.CN(C)c1nc(NC2CCC(CNC(=O)c3cc4cc(O)ccc4[nH]3)CC2)nc2ccccc12. The van der Waals surface area contributed by atoms with Crippen LogP contribution >= 0.6 is 0 Å². The van der Waals surface area contributed by atoms with E-state index in [1.807, 2.05) is 43.3 Å². The van der Waals surface area contributed by atoms with Crippen molar-refractivity contribution in [1.29, 1.82) is 0 Å². The number of hydrogen-bond acceptors (Lipinski definition) is 6. The molecule has 1 fully saturated rings. The fraction of sp³-hybridized carbons (Fsp3) is 0.370. The van der Waals surface area contributed by atoms with Crippen LogP contribution in [0.3, 0.4) is 0 Å². The van der Waals surface area contributed by atoms with Gasteiger partial charge in [-0.2, -0.15) is 4.98 Å². The Morgan fingerprint density at radius 1 is 1.09 bits per heavy atom. The molecule has 2 aromatic heterocycles. The monoisotopic (exact) mass is 474 g/mol. The Hall–Kier alpha value is -3.81. The van der Waals surface area contributed by atoms with Crippen molar-refractivity contribution in [2.45, 2.75) is 39.2 Å². The first-order valence-electron chi connectivity index (χ1n) is 11.8. The van der Waals surface area contributed by atoms with Crippen LogP contribution in [-0.4, -0.2) is 52.6 Å². The minimum atomic E-state index is -0.114. The minimum absolute atomic E-state index is 0. The Labute approximate surface area is 205 Å². The van der Waals surface area contributed by atoms with Gasteiger partial charge in [0.1, 0.15) is 17.3 Å². The zero-order valence-corrected chi connectivity index (χ0v) is 19.5. The highest BCUT2D eigenvalue weighted by molar-refractivity contribution is 5.98. The third-order valence-corrected chi connectivity index (χ3v) is 6.59. The summed E-state index contributed by atoms with van der Waals surface area (Å²) < 4.78 is 0. The first-order chi connectivity index (χ1) is 16.5. The molecule has 2 heterocycles. The van der Waals surface area contributed by atoms with Gasteiger partial charge in [-0.25, -0.2) is 4.98 Å². The van der Waals surface area contributed by atoms with Gasteiger partial charge in [0.2, 0.25) is 5.95 Å². The van der Waals surface area contributed by atoms with Crippen LogP contribution in [0.5, 0.6) is 5.75 Å². The third kappa shape index (κ3) is 5.31. The molecule has 4 aromatic rings. The summed E-state index contributed by atoms with van der Waals surface area (Å²) in [5, 5.41) is 18.1. The van der Waals surface area contributed by atoms with Crippen molar-refractivity contribution >= 4 is 39.5 Å². The maximum absolute atomic E-state index is 12.6. The van der Waals surface area contributed by atoms with Crippen molar-refractivity contribution in [3.63, 3.8) is 0 Å². The fourth-order valence-electron chi connectivity index (χ4n) is 4.73. The van der Waals surface area contributed by atoms with Crippen molar-refractivity contribution in [3.05, 3.63) is 54.2 Å². The van der Waals surface area contributed by atoms with Crippen LogP contribution in [0.2, 0.25) is 0 Å². The van der Waals surface area contributed by atoms with E-state index in [2.05, 4.69) is 15.6 Å². The van der Waals surface area contributed by atoms with Gasteiger partial charge in [-0.15, -0.1) is 0 Å². The van der Waals surface area contributed by atoms with Crippen molar-refractivity contribution in [2.24, 2.45) is 5.92 Å². The number of H-pyrrole nitrogens is 1. The number of carbonyl (C=O) groups excluding carboxylic acids is 1. The maximum atomic E-state index is 12.6. The molecule has 0 saturated heterocycles. The number of aromatic nitrogens is 3. The molecule has 8 heteroatoms. The Morgan fingerprint density at radius 3 is 2.63 bits per heavy atom. The zero-order chi connectivity index (χ0) is 23.7. The molecule has 5 rings (SSSR count). The number of rotatable bonds is 6. The van der Waals surface area contributed by atoms with Crippen LogP contribution in [-0.2, 0) is 0 Å². The second-order valence-electron chi connectivity index (χ2n) is 9.31. The van der Waals surface area contributed by atoms with Gasteiger partial charge >= 0.3 is 0 Å². The number of phenolic OH excluding ortho intramolecular Hbond substituents is 1. The molecule has 1 amide bonds. The van der Waals surface area contributed by atoms with E-state index in [0.29, 0.717) is 30.1 Å². The number of nitrogens with one attached hydrogen (secondary N) is 3. The summed E-state index contributed by atoms with van der Waals surface area (Å²) in [6, 6.07) is 15.2. The van der Waals surface area contributed by atoms with E-state index >= 15 is 0 Å². The number of phenols is 1. The summed E-state index contributed by atoms with van der Waals surface area (Å²) in [6.07, 6.45) is 4.10. The van der Waals surface area contributed by atoms with Gasteiger partial charge < -0.3 is 25.6 Å². The number of nitrogens with zero attached hydrogens (tertiary/aromatic N) is 3. The van der Waals surface area contributed by atoms with E-state index in [1.54, 1.807) is 24.3 Å². The Morgan fingerprint density at radius 2 is 1.86 bits per heavy atom. The molecule has 4 N–H and O–H groups in total. The molecular formula is C27H34N6O2. The molecule has 1 aliphatic rings. The summed E-state index contributed by atoms with van der Waals surface area (Å²) in [5.74, 6) is 2.11. The Balaban J connectivity index is 0.00000289. The fourth-order valence-corrected chi connectivity index (χ4v) is 4.73. The van der Waals surface area contributed by atoms with Crippen LogP contribution in [0.15, 0.2) is 48.5 Å². The number of para-hydroxylation sites is 1. The molecule has 8 nitrogen and oxygen atoms in total. The number of anilines is 2. The van der Waals surface area contributed by atoms with Crippen molar-refractivity contribution in [3.8, 4) is 5.75 Å². The van der Waals surface area contributed by atoms with Crippen LogP contribution in [0, 0.1) is 5.92 Å². The second-order valence-corrected chi connectivity index (χ2v) is 9.31. The second kappa shape index (κ2) is 10.2. The zero-order valence-electron chi connectivity index (χ0n) is 19.5. The number of aromatic hydroxyl groups is 1. The van der Waals surface area contributed by atoms with E-state index in [4.69, 9.17) is 9.97 Å². The third-order valence-electron chi connectivity index (χ3n) is 6.59. The molecule has 0 aliphatic heterocycles. The number of carbonyl (C=O) groups is 1. The maximum Gasteiger partial charge on any atom is 0.267 e. The highest BCUT2D eigenvalue weighted by atomic mass is 16.3. The summed E-state index contributed by atoms with van der Waals surface area (Å²) >= 11 is 0. The molecule has 0 radical (unpaired) electrons. The van der Waals surface area contributed by atoms with Crippen molar-refractivity contribution in [1.82, 2.24) is 20.3 Å². The van der Waals surface area contributed by atoms with Gasteiger partial charge in [-0.3, -0.25) is 4.79 Å². The van der Waals surface area contributed by atoms with Gasteiger partial charge in [-0.1, -0.05) is 19.6 Å². The molecule has 184 valence electrons. The van der Waals surface area contributed by atoms with E-state index in [9.17, 15) is 9.90 Å². The average Bonchev–Trinajstić information content (AvgIpc) is 3.26. The quantitative estimate of drug-likeness (QED) is 0.316. The largest absolute Gasteiger partial charge is 0.508 e. The van der Waals surface area contributed by atoms with Gasteiger partial charge in [0.25, 0.3) is 5.91 Å². The lowest BCUT2D eigenvalue weighted by Gasteiger charge is -2.29. The normalized spacial score (nSPS) is 17.7. The van der Waals surface area contributed by atoms with E-state index in [0.717, 1.165) is 53.3 Å². The van der Waals surface area contributed by atoms with E-state index in [-0.39, 0.29) is 19.1 Å². The minimum Gasteiger partial charge on any atom is -0.508 e. The first kappa shape index (κ1) is 24.3. The molecule has 35 heavy (non-hydrogen) atoms. The lowest BCUT2D eigenvalue weighted by atomic mass is 9.86. The van der Waals surface area contributed by atoms with Gasteiger partial charge in [0.05, 0.1) is 5.52 Å². The number of aromatic amines is 1. The molecule has 1 saturated carbocycles. The molecule has 2 aromatic carbocycles. The number of amides is 1. The standard InChI is InChI=1S/C26H30N6O2.CH4/c1-32(2)24-20-5-3-4-6-22(20)30-26(31-24)28-18-9-7-16(8-10-18)15-27-25(34)23-14-17-13-19(33)11-12-21(17)29-23;/h3-6,11-14,16,18,29,33H,7-10,15H2,1-2H3,(H,27,34)(H,28,30,31);1H4. The van der Waals surface area contributed by atoms with Gasteiger partial charge in [-0.05, 0) is 68.0 Å². The lowest BCUT2D eigenvalue weighted by Crippen LogP contribution is -2.34. The highest BCUT2D eigenvalue weighted by Gasteiger charge is 2.23. The van der Waals surface area contributed by atoms with E-state index in [1.165, 1.54) is 0 Å². The van der Waals surface area contributed by atoms with E-state index < -0.39 is 0 Å². The number of fused-ring (bicyclic) bond motifs is 2. The van der Waals surface area contributed by atoms with Gasteiger partial charge in [0.15, 0.2) is 0 Å². The summed E-state index contributed by atoms with van der Waals surface area (Å²) in [7, 11) is 4.00. The van der Waals surface area contributed by atoms with Crippen molar-refractivity contribution < 1.29 is 9.90 Å². The molecule has 0 atom stereocenters. The summed E-state index contributed by atoms with van der Waals surface area (Å²) in [5.41, 5.74) is 2.29. The predicted molar refractivity (Wildman–Crippen MR) is 142 cm³/mol. The summed E-state index contributed by atoms with van der Waals surface area (Å²) in [4.78, 5) is 27.2. The Kier molecular flexibility index (Phi) is 7.10. The molecule has 0 spiro atoms. The van der Waals surface area contributed by atoms with Crippen LogP contribution in [0.4, 0.5) is 11.8 Å². The van der Waals surface area contributed by atoms with Crippen LogP contribution < -0.4 is 15.5 Å². The van der Waals surface area contributed by atoms with Gasteiger partial charge in [0, 0.05) is 43.0 Å². The average molecular weight is 475 g/mol. The van der Waals surface area contributed by atoms with Crippen LogP contribution in [0.25, 0.3) is 21.8 Å².